The van der Waals surface area contributed by atoms with Crippen LogP contribution in [0.15, 0.2) is 114 Å². The van der Waals surface area contributed by atoms with Crippen LogP contribution in [0.1, 0.15) is 45.9 Å². The second kappa shape index (κ2) is 10.4. The molecule has 1 N–H and O–H groups in total. The lowest BCUT2D eigenvalue weighted by molar-refractivity contribution is 0.0933. The number of benzene rings is 4. The van der Waals surface area contributed by atoms with Crippen LogP contribution >= 0.6 is 0 Å². The monoisotopic (exact) mass is 496 g/mol. The van der Waals surface area contributed by atoms with Crippen LogP contribution in [-0.2, 0) is 23.0 Å². The topological polar surface area (TPSA) is 66.5 Å². The highest BCUT2D eigenvalue weighted by Crippen LogP contribution is 2.32. The van der Waals surface area contributed by atoms with Crippen molar-refractivity contribution in [3.8, 4) is 0 Å². The number of anilines is 1. The Kier molecular flexibility index (Phi) is 6.87. The van der Waals surface area contributed by atoms with Crippen molar-refractivity contribution in [1.82, 2.24) is 5.32 Å². The number of amides is 1. The molecule has 36 heavy (non-hydrogen) atoms. The van der Waals surface area contributed by atoms with Gasteiger partial charge in [-0.25, -0.2) is 8.42 Å². The fraction of sp³-hybridized carbons (Fsp3) is 0.167. The van der Waals surface area contributed by atoms with Gasteiger partial charge in [0.1, 0.15) is 0 Å². The highest BCUT2D eigenvalue weighted by atomic mass is 32.2. The van der Waals surface area contributed by atoms with E-state index in [0.717, 1.165) is 30.4 Å². The number of hydrogen-bond donors (Lipinski definition) is 1. The lowest BCUT2D eigenvalue weighted by Gasteiger charge is -2.29. The van der Waals surface area contributed by atoms with Gasteiger partial charge in [-0.2, -0.15) is 0 Å². The van der Waals surface area contributed by atoms with Gasteiger partial charge < -0.3 is 5.32 Å². The summed E-state index contributed by atoms with van der Waals surface area (Å²) < 4.78 is 29.1. The first-order chi connectivity index (χ1) is 17.5. The van der Waals surface area contributed by atoms with Crippen molar-refractivity contribution in [3.63, 3.8) is 0 Å². The van der Waals surface area contributed by atoms with E-state index in [1.165, 1.54) is 9.87 Å². The minimum Gasteiger partial charge on any atom is -0.345 e. The SMILES string of the molecule is O=C(N[C@@H]1CCCc2ccccc21)c1ccccc1N(Cc1ccccc1)S(=O)(=O)c1ccccc1. The molecule has 0 unspecified atom stereocenters. The first kappa shape index (κ1) is 23.8. The molecule has 0 heterocycles. The van der Waals surface area contributed by atoms with Gasteiger partial charge in [0.2, 0.25) is 0 Å². The van der Waals surface area contributed by atoms with Crippen molar-refractivity contribution in [2.45, 2.75) is 36.7 Å². The summed E-state index contributed by atoms with van der Waals surface area (Å²) in [6.45, 7) is 0.106. The van der Waals surface area contributed by atoms with Crippen LogP contribution in [0.2, 0.25) is 0 Å². The van der Waals surface area contributed by atoms with E-state index in [4.69, 9.17) is 0 Å². The third kappa shape index (κ3) is 4.90. The first-order valence-corrected chi connectivity index (χ1v) is 13.6. The van der Waals surface area contributed by atoms with E-state index in [1.807, 2.05) is 42.5 Å². The van der Waals surface area contributed by atoms with E-state index in [-0.39, 0.29) is 23.4 Å². The molecular formula is C30H28N2O3S. The summed E-state index contributed by atoms with van der Waals surface area (Å²) in [6, 6.07) is 32.8. The number of nitrogens with zero attached hydrogens (tertiary/aromatic N) is 1. The minimum atomic E-state index is -3.94. The molecule has 0 aliphatic heterocycles. The molecule has 0 spiro atoms. The fourth-order valence-electron chi connectivity index (χ4n) is 4.79. The van der Waals surface area contributed by atoms with E-state index in [2.05, 4.69) is 17.4 Å². The molecule has 1 amide bonds. The highest BCUT2D eigenvalue weighted by molar-refractivity contribution is 7.92. The van der Waals surface area contributed by atoms with Crippen LogP contribution in [0.25, 0.3) is 0 Å². The molecule has 0 aromatic heterocycles. The van der Waals surface area contributed by atoms with Crippen molar-refractivity contribution < 1.29 is 13.2 Å². The average molecular weight is 497 g/mol. The Morgan fingerprint density at radius 3 is 2.22 bits per heavy atom. The molecule has 4 aromatic carbocycles. The quantitative estimate of drug-likeness (QED) is 0.347. The predicted molar refractivity (Wildman–Crippen MR) is 142 cm³/mol. The zero-order valence-corrected chi connectivity index (χ0v) is 20.7. The van der Waals surface area contributed by atoms with E-state index < -0.39 is 10.0 Å². The van der Waals surface area contributed by atoms with Crippen molar-refractivity contribution in [1.29, 1.82) is 0 Å². The van der Waals surface area contributed by atoms with E-state index >= 15 is 0 Å². The zero-order valence-electron chi connectivity index (χ0n) is 19.9. The lowest BCUT2D eigenvalue weighted by Crippen LogP contribution is -2.35. The summed E-state index contributed by atoms with van der Waals surface area (Å²) in [5.41, 5.74) is 3.89. The number of carbonyl (C=O) groups is 1. The van der Waals surface area contributed by atoms with Gasteiger partial charge in [0.25, 0.3) is 15.9 Å². The first-order valence-electron chi connectivity index (χ1n) is 12.1. The van der Waals surface area contributed by atoms with Gasteiger partial charge >= 0.3 is 0 Å². The molecule has 0 saturated carbocycles. The normalized spacial score (nSPS) is 15.1. The summed E-state index contributed by atoms with van der Waals surface area (Å²) in [5.74, 6) is -0.284. The molecule has 5 rings (SSSR count). The largest absolute Gasteiger partial charge is 0.345 e. The summed E-state index contributed by atoms with van der Waals surface area (Å²) in [6.07, 6.45) is 2.84. The number of aryl methyl sites for hydroxylation is 1. The Bertz CT molecular complexity index is 1450. The summed E-state index contributed by atoms with van der Waals surface area (Å²) in [5, 5.41) is 3.18. The van der Waals surface area contributed by atoms with Crippen molar-refractivity contribution in [2.75, 3.05) is 4.31 Å². The van der Waals surface area contributed by atoms with Gasteiger partial charge in [0, 0.05) is 0 Å². The third-order valence-corrected chi connectivity index (χ3v) is 8.37. The molecule has 1 aliphatic carbocycles. The number of sulfonamides is 1. The van der Waals surface area contributed by atoms with Crippen LogP contribution in [0.3, 0.4) is 0 Å². The third-order valence-electron chi connectivity index (χ3n) is 6.59. The molecule has 0 fully saturated rings. The number of nitrogens with one attached hydrogen (secondary N) is 1. The molecule has 0 bridgehead atoms. The van der Waals surface area contributed by atoms with Gasteiger partial charge in [-0.05, 0) is 60.2 Å². The van der Waals surface area contributed by atoms with E-state index in [1.54, 1.807) is 54.6 Å². The van der Waals surface area contributed by atoms with Gasteiger partial charge in [0.05, 0.1) is 28.7 Å². The fourth-order valence-corrected chi connectivity index (χ4v) is 6.28. The molecule has 1 atom stereocenters. The van der Waals surface area contributed by atoms with Gasteiger partial charge in [-0.1, -0.05) is 84.9 Å². The Hall–Kier alpha value is -3.90. The summed E-state index contributed by atoms with van der Waals surface area (Å²) >= 11 is 0. The molecule has 5 nitrogen and oxygen atoms in total. The Balaban J connectivity index is 1.53. The molecule has 1 aliphatic rings. The van der Waals surface area contributed by atoms with Crippen LogP contribution in [0.5, 0.6) is 0 Å². The summed E-state index contributed by atoms with van der Waals surface area (Å²) in [4.78, 5) is 13.8. The Morgan fingerprint density at radius 1 is 0.806 bits per heavy atom. The van der Waals surface area contributed by atoms with Crippen LogP contribution in [0.4, 0.5) is 5.69 Å². The van der Waals surface area contributed by atoms with Crippen LogP contribution < -0.4 is 9.62 Å². The molecule has 0 radical (unpaired) electrons. The maximum Gasteiger partial charge on any atom is 0.264 e. The number of para-hydroxylation sites is 1. The van der Waals surface area contributed by atoms with Gasteiger partial charge in [-0.3, -0.25) is 9.10 Å². The molecule has 6 heteroatoms. The zero-order chi connectivity index (χ0) is 25.0. The molecule has 182 valence electrons. The second-order valence-corrected chi connectivity index (χ2v) is 10.8. The number of carbonyl (C=O) groups excluding carboxylic acids is 1. The Labute approximate surface area is 212 Å². The molecule has 4 aromatic rings. The standard InChI is InChI=1S/C30H28N2O3S/c33-30(31-28-20-11-15-24-14-7-8-18-26(24)28)27-19-9-10-21-29(27)32(22-23-12-3-1-4-13-23)36(34,35)25-16-5-2-6-17-25/h1-10,12-14,16-19,21,28H,11,15,20,22H2,(H,31,33)/t28-/m1/s1. The van der Waals surface area contributed by atoms with Crippen molar-refractivity contribution >= 4 is 21.6 Å². The van der Waals surface area contributed by atoms with E-state index in [0.29, 0.717) is 11.3 Å². The Morgan fingerprint density at radius 2 is 1.44 bits per heavy atom. The van der Waals surface area contributed by atoms with Crippen LogP contribution in [-0.4, -0.2) is 14.3 Å². The number of rotatable bonds is 7. The minimum absolute atomic E-state index is 0.106. The van der Waals surface area contributed by atoms with E-state index in [9.17, 15) is 13.2 Å². The number of fused-ring (bicyclic) bond motifs is 1. The van der Waals surface area contributed by atoms with Gasteiger partial charge in [-0.15, -0.1) is 0 Å². The smallest absolute Gasteiger partial charge is 0.264 e. The maximum absolute atomic E-state index is 13.9. The van der Waals surface area contributed by atoms with Crippen molar-refractivity contribution in [3.05, 3.63) is 131 Å². The number of hydrogen-bond acceptors (Lipinski definition) is 3. The van der Waals surface area contributed by atoms with Crippen molar-refractivity contribution in [2.24, 2.45) is 0 Å². The molecule has 0 saturated heterocycles. The van der Waals surface area contributed by atoms with Gasteiger partial charge in [0.15, 0.2) is 0 Å². The summed E-state index contributed by atoms with van der Waals surface area (Å²) in [7, 11) is -3.94. The molecular weight excluding hydrogens is 468 g/mol. The second-order valence-electron chi connectivity index (χ2n) is 8.94. The van der Waals surface area contributed by atoms with Crippen LogP contribution in [0, 0.1) is 0 Å². The average Bonchev–Trinajstić information content (AvgIpc) is 2.93. The highest BCUT2D eigenvalue weighted by Gasteiger charge is 2.30. The maximum atomic E-state index is 13.9. The predicted octanol–water partition coefficient (Wildman–Crippen LogP) is 5.89. The lowest BCUT2D eigenvalue weighted by atomic mass is 9.87.